The number of benzene rings is 2. The first kappa shape index (κ1) is 22.9. The molecule has 168 valence electrons. The number of carbonyl (C=O) groups is 2. The van der Waals surface area contributed by atoms with Gasteiger partial charge in [-0.2, -0.15) is 5.10 Å². The SMILES string of the molecule is COC(=O)c1cc(CNC(=O)Cc2n[nH]c(C)n2)cc(NS(=O)(=O)c2ccc(F)cc2)c1. The van der Waals surface area contributed by atoms with Crippen molar-refractivity contribution in [3.8, 4) is 0 Å². The van der Waals surface area contributed by atoms with E-state index in [1.165, 1.54) is 25.3 Å². The number of rotatable bonds is 8. The summed E-state index contributed by atoms with van der Waals surface area (Å²) in [5.41, 5.74) is 0.607. The molecule has 0 aliphatic carbocycles. The zero-order valence-electron chi connectivity index (χ0n) is 17.2. The van der Waals surface area contributed by atoms with E-state index in [2.05, 4.69) is 25.2 Å². The summed E-state index contributed by atoms with van der Waals surface area (Å²) in [7, 11) is -2.85. The van der Waals surface area contributed by atoms with E-state index in [9.17, 15) is 22.4 Å². The minimum atomic E-state index is -4.04. The van der Waals surface area contributed by atoms with Gasteiger partial charge in [-0.15, -0.1) is 0 Å². The average molecular weight is 461 g/mol. The van der Waals surface area contributed by atoms with Crippen LogP contribution in [-0.4, -0.2) is 42.6 Å². The zero-order chi connectivity index (χ0) is 23.3. The number of anilines is 1. The zero-order valence-corrected chi connectivity index (χ0v) is 18.0. The van der Waals surface area contributed by atoms with Crippen LogP contribution in [0.4, 0.5) is 10.1 Å². The smallest absolute Gasteiger partial charge is 0.337 e. The molecular formula is C20H20FN5O5S. The number of hydrogen-bond donors (Lipinski definition) is 3. The molecule has 0 unspecified atom stereocenters. The van der Waals surface area contributed by atoms with Gasteiger partial charge in [-0.1, -0.05) is 0 Å². The van der Waals surface area contributed by atoms with Gasteiger partial charge >= 0.3 is 5.97 Å². The van der Waals surface area contributed by atoms with Crippen molar-refractivity contribution in [1.29, 1.82) is 0 Å². The number of amides is 1. The number of nitrogens with one attached hydrogen (secondary N) is 3. The number of halogens is 1. The van der Waals surface area contributed by atoms with Gasteiger partial charge in [0.05, 0.1) is 29.7 Å². The molecule has 0 spiro atoms. The van der Waals surface area contributed by atoms with Crippen LogP contribution in [0, 0.1) is 12.7 Å². The lowest BCUT2D eigenvalue weighted by Gasteiger charge is -2.12. The largest absolute Gasteiger partial charge is 0.465 e. The Morgan fingerprint density at radius 2 is 1.88 bits per heavy atom. The van der Waals surface area contributed by atoms with Crippen molar-refractivity contribution >= 4 is 27.6 Å². The topological polar surface area (TPSA) is 143 Å². The van der Waals surface area contributed by atoms with Crippen LogP contribution < -0.4 is 10.0 Å². The molecule has 10 nitrogen and oxygen atoms in total. The molecule has 0 fully saturated rings. The Balaban J connectivity index is 1.79. The number of methoxy groups -OCH3 is 1. The van der Waals surface area contributed by atoms with Crippen molar-refractivity contribution in [2.45, 2.75) is 24.8 Å². The van der Waals surface area contributed by atoms with Crippen LogP contribution in [0.2, 0.25) is 0 Å². The van der Waals surface area contributed by atoms with Gasteiger partial charge in [-0.3, -0.25) is 14.6 Å². The Bertz CT molecular complexity index is 1240. The summed E-state index contributed by atoms with van der Waals surface area (Å²) in [5, 5.41) is 9.20. The van der Waals surface area contributed by atoms with Crippen molar-refractivity contribution < 1.29 is 27.1 Å². The molecular weight excluding hydrogens is 441 g/mol. The minimum absolute atomic E-state index is 0.0123. The lowest BCUT2D eigenvalue weighted by molar-refractivity contribution is -0.120. The lowest BCUT2D eigenvalue weighted by Crippen LogP contribution is -2.25. The first-order chi connectivity index (χ1) is 15.2. The van der Waals surface area contributed by atoms with Crippen LogP contribution in [0.1, 0.15) is 27.6 Å². The maximum Gasteiger partial charge on any atom is 0.337 e. The van der Waals surface area contributed by atoms with Gasteiger partial charge in [0.15, 0.2) is 5.82 Å². The standard InChI is InChI=1S/C20H20FN5O5S/c1-12-23-18(25-24-12)10-19(27)22-11-13-7-14(20(28)31-2)9-16(8-13)26-32(29,30)17-5-3-15(21)4-6-17/h3-9,26H,10-11H2,1-2H3,(H,22,27)(H,23,24,25). The van der Waals surface area contributed by atoms with Crippen molar-refractivity contribution in [2.75, 3.05) is 11.8 Å². The molecule has 3 rings (SSSR count). The van der Waals surface area contributed by atoms with Crippen LogP contribution in [-0.2, 0) is 32.5 Å². The summed E-state index contributed by atoms with van der Waals surface area (Å²) in [4.78, 5) is 28.1. The number of nitrogens with zero attached hydrogens (tertiary/aromatic N) is 2. The summed E-state index contributed by atoms with van der Waals surface area (Å²) in [5.74, 6) is -0.708. The molecule has 3 N–H and O–H groups in total. The van der Waals surface area contributed by atoms with Gasteiger partial charge in [0, 0.05) is 6.54 Å². The molecule has 1 heterocycles. The Hall–Kier alpha value is -3.80. The molecule has 3 aromatic rings. The number of sulfonamides is 1. The van der Waals surface area contributed by atoms with E-state index in [1.807, 2.05) is 0 Å². The monoisotopic (exact) mass is 461 g/mol. The summed E-state index contributed by atoms with van der Waals surface area (Å²) < 4.78 is 45.4. The number of aryl methyl sites for hydroxylation is 1. The number of carbonyl (C=O) groups excluding carboxylic acids is 2. The highest BCUT2D eigenvalue weighted by Crippen LogP contribution is 2.20. The van der Waals surface area contributed by atoms with E-state index in [-0.39, 0.29) is 35.0 Å². The maximum atomic E-state index is 13.1. The molecule has 0 bridgehead atoms. The fourth-order valence-electron chi connectivity index (χ4n) is 2.79. The highest BCUT2D eigenvalue weighted by Gasteiger charge is 2.17. The molecule has 32 heavy (non-hydrogen) atoms. The van der Waals surface area contributed by atoms with E-state index >= 15 is 0 Å². The second kappa shape index (κ2) is 9.56. The van der Waals surface area contributed by atoms with Crippen LogP contribution in [0.5, 0.6) is 0 Å². The Labute approximate surface area is 183 Å². The van der Waals surface area contributed by atoms with E-state index in [4.69, 9.17) is 4.74 Å². The number of ether oxygens (including phenoxy) is 1. The van der Waals surface area contributed by atoms with Crippen molar-refractivity contribution in [3.63, 3.8) is 0 Å². The van der Waals surface area contributed by atoms with Gasteiger partial charge in [-0.25, -0.2) is 22.6 Å². The lowest BCUT2D eigenvalue weighted by atomic mass is 10.1. The molecule has 1 amide bonds. The summed E-state index contributed by atoms with van der Waals surface area (Å²) in [6.45, 7) is 1.72. The Morgan fingerprint density at radius 1 is 1.16 bits per heavy atom. The molecule has 1 aromatic heterocycles. The Kier molecular flexibility index (Phi) is 6.83. The summed E-state index contributed by atoms with van der Waals surface area (Å²) >= 11 is 0. The molecule has 0 saturated carbocycles. The highest BCUT2D eigenvalue weighted by atomic mass is 32.2. The van der Waals surface area contributed by atoms with Gasteiger partial charge in [0.25, 0.3) is 10.0 Å². The van der Waals surface area contributed by atoms with Gasteiger partial charge in [-0.05, 0) is 55.0 Å². The van der Waals surface area contributed by atoms with Crippen LogP contribution in [0.25, 0.3) is 0 Å². The molecule has 12 heteroatoms. The third-order valence-electron chi connectivity index (χ3n) is 4.24. The van der Waals surface area contributed by atoms with E-state index in [0.717, 1.165) is 24.3 Å². The minimum Gasteiger partial charge on any atom is -0.465 e. The van der Waals surface area contributed by atoms with E-state index in [0.29, 0.717) is 17.2 Å². The quantitative estimate of drug-likeness (QED) is 0.433. The predicted molar refractivity (Wildman–Crippen MR) is 112 cm³/mol. The normalized spacial score (nSPS) is 11.1. The van der Waals surface area contributed by atoms with E-state index in [1.54, 1.807) is 6.92 Å². The van der Waals surface area contributed by atoms with Crippen LogP contribution in [0.3, 0.4) is 0 Å². The first-order valence-electron chi connectivity index (χ1n) is 9.31. The number of hydrogen-bond acceptors (Lipinski definition) is 7. The van der Waals surface area contributed by atoms with E-state index < -0.39 is 21.8 Å². The molecule has 0 aliphatic rings. The average Bonchev–Trinajstić information content (AvgIpc) is 3.16. The molecule has 0 aliphatic heterocycles. The van der Waals surface area contributed by atoms with Crippen molar-refractivity contribution in [3.05, 3.63) is 71.1 Å². The van der Waals surface area contributed by atoms with Gasteiger partial charge in [0.1, 0.15) is 11.6 Å². The highest BCUT2D eigenvalue weighted by molar-refractivity contribution is 7.92. The number of H-pyrrole nitrogens is 1. The summed E-state index contributed by atoms with van der Waals surface area (Å²) in [6, 6.07) is 8.52. The number of aromatic amines is 1. The number of esters is 1. The third-order valence-corrected chi connectivity index (χ3v) is 5.64. The molecule has 2 aromatic carbocycles. The fourth-order valence-corrected chi connectivity index (χ4v) is 3.83. The fraction of sp³-hybridized carbons (Fsp3) is 0.200. The third kappa shape index (κ3) is 5.88. The second-order valence-corrected chi connectivity index (χ2v) is 8.44. The first-order valence-corrected chi connectivity index (χ1v) is 10.8. The van der Waals surface area contributed by atoms with Crippen LogP contribution >= 0.6 is 0 Å². The van der Waals surface area contributed by atoms with Gasteiger partial charge < -0.3 is 10.1 Å². The van der Waals surface area contributed by atoms with Crippen molar-refractivity contribution in [1.82, 2.24) is 20.5 Å². The molecule has 0 atom stereocenters. The van der Waals surface area contributed by atoms with Gasteiger partial charge in [0.2, 0.25) is 5.91 Å². The predicted octanol–water partition coefficient (Wildman–Crippen LogP) is 1.70. The maximum absolute atomic E-state index is 13.1. The molecule has 0 radical (unpaired) electrons. The van der Waals surface area contributed by atoms with Crippen LogP contribution in [0.15, 0.2) is 47.4 Å². The van der Waals surface area contributed by atoms with Crippen molar-refractivity contribution in [2.24, 2.45) is 0 Å². The summed E-state index contributed by atoms with van der Waals surface area (Å²) in [6.07, 6.45) is -0.0505. The number of aromatic nitrogens is 3. The second-order valence-electron chi connectivity index (χ2n) is 6.76. The Morgan fingerprint density at radius 3 is 2.50 bits per heavy atom. The molecule has 0 saturated heterocycles.